The van der Waals surface area contributed by atoms with E-state index < -0.39 is 12.0 Å². The molecule has 1 heterocycles. The Morgan fingerprint density at radius 2 is 2.09 bits per heavy atom. The Labute approximate surface area is 204 Å². The van der Waals surface area contributed by atoms with E-state index in [0.29, 0.717) is 47.2 Å². The third kappa shape index (κ3) is 5.64. The molecule has 186 valence electrons. The number of amides is 1. The maximum Gasteiger partial charge on any atom is 0.252 e. The molecule has 1 aromatic heterocycles. The number of aliphatic hydroxyl groups is 1. The van der Waals surface area contributed by atoms with Crippen molar-refractivity contribution in [3.8, 4) is 11.5 Å². The Morgan fingerprint density at radius 3 is 2.74 bits per heavy atom. The minimum atomic E-state index is -0.671. The molecule has 4 rings (SSSR count). The molecule has 3 aromatic rings. The lowest BCUT2D eigenvalue weighted by molar-refractivity contribution is 0.100. The zero-order valence-electron chi connectivity index (χ0n) is 20.1. The summed E-state index contributed by atoms with van der Waals surface area (Å²) in [5, 5.41) is 17.6. The lowest BCUT2D eigenvalue weighted by atomic mass is 10.0. The molecule has 7 N–H and O–H groups in total. The van der Waals surface area contributed by atoms with Gasteiger partial charge in [0.05, 0.1) is 23.9 Å². The van der Waals surface area contributed by atoms with Crippen LogP contribution in [0, 0.1) is 0 Å². The number of aromatic nitrogens is 1. The van der Waals surface area contributed by atoms with Crippen molar-refractivity contribution >= 4 is 28.2 Å². The highest BCUT2D eigenvalue weighted by molar-refractivity contribution is 6.08. The number of fused-ring (bicyclic) bond motifs is 1. The third-order valence-electron chi connectivity index (χ3n) is 6.18. The molecule has 1 fully saturated rings. The lowest BCUT2D eigenvalue weighted by Crippen LogP contribution is -2.32. The highest BCUT2D eigenvalue weighted by atomic mass is 16.5. The van der Waals surface area contributed by atoms with Crippen molar-refractivity contribution in [2.24, 2.45) is 11.5 Å². The topological polar surface area (TPSA) is 145 Å². The number of methoxy groups -OCH3 is 1. The van der Waals surface area contributed by atoms with Crippen LogP contribution in [-0.2, 0) is 13.0 Å². The van der Waals surface area contributed by atoms with E-state index in [1.165, 1.54) is 6.20 Å². The Morgan fingerprint density at radius 1 is 1.29 bits per heavy atom. The number of hydrogen-bond donors (Lipinski definition) is 5. The Hall–Kier alpha value is -3.40. The van der Waals surface area contributed by atoms with Crippen LogP contribution >= 0.6 is 0 Å². The quantitative estimate of drug-likeness (QED) is 0.267. The van der Waals surface area contributed by atoms with Gasteiger partial charge in [-0.15, -0.1) is 0 Å². The number of nitrogens with zero attached hydrogens (tertiary/aromatic N) is 1. The number of hydrogen-bond acceptors (Lipinski definition) is 8. The standard InChI is InChI=1S/C26H33N5O4/c1-3-18-15(11-27)5-4-6-21(18)31-25-19-9-24(35-14-17(32)12-29-16-7-8-16)23(34-2)10-22(19)30-13-20(25)26(28)33/h4-6,9-10,13,16-17,29,32H,3,7-8,11-12,14,27H2,1-2H3,(H2,28,33)(H,30,31). The van der Waals surface area contributed by atoms with E-state index in [1.807, 2.05) is 18.2 Å². The van der Waals surface area contributed by atoms with E-state index in [9.17, 15) is 9.90 Å². The summed E-state index contributed by atoms with van der Waals surface area (Å²) < 4.78 is 11.4. The van der Waals surface area contributed by atoms with E-state index >= 15 is 0 Å². The van der Waals surface area contributed by atoms with Crippen LogP contribution in [0.3, 0.4) is 0 Å². The number of nitrogens with one attached hydrogen (secondary N) is 2. The predicted octanol–water partition coefficient (Wildman–Crippen LogP) is 2.60. The van der Waals surface area contributed by atoms with Crippen LogP contribution in [0.25, 0.3) is 10.9 Å². The Kier molecular flexibility index (Phi) is 7.70. The van der Waals surface area contributed by atoms with Gasteiger partial charge in [0.25, 0.3) is 5.91 Å². The minimum Gasteiger partial charge on any atom is -0.493 e. The van der Waals surface area contributed by atoms with Gasteiger partial charge in [-0.25, -0.2) is 0 Å². The molecular formula is C26H33N5O4. The minimum absolute atomic E-state index is 0.0891. The van der Waals surface area contributed by atoms with Gasteiger partial charge in [0.1, 0.15) is 12.7 Å². The van der Waals surface area contributed by atoms with Crippen LogP contribution in [0.2, 0.25) is 0 Å². The first-order valence-corrected chi connectivity index (χ1v) is 11.9. The summed E-state index contributed by atoms with van der Waals surface area (Å²) >= 11 is 0. The lowest BCUT2D eigenvalue weighted by Gasteiger charge is -2.19. The Bertz CT molecular complexity index is 1210. The van der Waals surface area contributed by atoms with Crippen LogP contribution < -0.4 is 31.6 Å². The van der Waals surface area contributed by atoms with Gasteiger partial charge in [0.15, 0.2) is 11.5 Å². The number of ether oxygens (including phenoxy) is 2. The van der Waals surface area contributed by atoms with Gasteiger partial charge >= 0.3 is 0 Å². The summed E-state index contributed by atoms with van der Waals surface area (Å²) in [5.41, 5.74) is 15.9. The van der Waals surface area contributed by atoms with Crippen LogP contribution in [-0.4, -0.2) is 48.4 Å². The first kappa shape index (κ1) is 24.7. The second-order valence-electron chi connectivity index (χ2n) is 8.70. The molecule has 0 aliphatic heterocycles. The molecular weight excluding hydrogens is 446 g/mol. The number of primary amides is 1. The van der Waals surface area contributed by atoms with Gasteiger partial charge in [-0.05, 0) is 42.5 Å². The van der Waals surface area contributed by atoms with E-state index in [0.717, 1.165) is 36.1 Å². The van der Waals surface area contributed by atoms with Gasteiger partial charge < -0.3 is 36.7 Å². The van der Waals surface area contributed by atoms with E-state index in [4.69, 9.17) is 20.9 Å². The van der Waals surface area contributed by atoms with Crippen molar-refractivity contribution in [3.05, 3.63) is 53.2 Å². The number of carbonyl (C=O) groups excluding carboxylic acids is 1. The Balaban J connectivity index is 1.73. The molecule has 0 radical (unpaired) electrons. The van der Waals surface area contributed by atoms with E-state index in [1.54, 1.807) is 19.2 Å². The number of nitrogens with two attached hydrogens (primary N) is 2. The zero-order valence-corrected chi connectivity index (χ0v) is 20.1. The fraction of sp³-hybridized carbons (Fsp3) is 0.385. The molecule has 0 saturated heterocycles. The van der Waals surface area contributed by atoms with Crippen molar-refractivity contribution in [1.29, 1.82) is 0 Å². The molecule has 1 amide bonds. The van der Waals surface area contributed by atoms with E-state index in [-0.39, 0.29) is 12.2 Å². The third-order valence-corrected chi connectivity index (χ3v) is 6.18. The van der Waals surface area contributed by atoms with Crippen molar-refractivity contribution in [3.63, 3.8) is 0 Å². The summed E-state index contributed by atoms with van der Waals surface area (Å²) in [6.07, 6.45) is 3.84. The molecule has 9 nitrogen and oxygen atoms in total. The van der Waals surface area contributed by atoms with Crippen molar-refractivity contribution in [2.75, 3.05) is 25.6 Å². The second kappa shape index (κ2) is 10.9. The summed E-state index contributed by atoms with van der Waals surface area (Å²) in [7, 11) is 1.54. The molecule has 0 spiro atoms. The molecule has 1 saturated carbocycles. The first-order chi connectivity index (χ1) is 16.9. The first-order valence-electron chi connectivity index (χ1n) is 11.9. The molecule has 35 heavy (non-hydrogen) atoms. The molecule has 0 bridgehead atoms. The van der Waals surface area contributed by atoms with Gasteiger partial charge in [-0.3, -0.25) is 9.78 Å². The fourth-order valence-electron chi connectivity index (χ4n) is 4.12. The molecule has 2 aromatic carbocycles. The molecule has 1 unspecified atom stereocenters. The van der Waals surface area contributed by atoms with Crippen LogP contribution in [0.4, 0.5) is 11.4 Å². The largest absolute Gasteiger partial charge is 0.493 e. The van der Waals surface area contributed by atoms with Gasteiger partial charge in [0.2, 0.25) is 0 Å². The zero-order chi connectivity index (χ0) is 24.9. The maximum atomic E-state index is 12.3. The average Bonchev–Trinajstić information content (AvgIpc) is 3.70. The smallest absolute Gasteiger partial charge is 0.252 e. The van der Waals surface area contributed by atoms with Crippen molar-refractivity contribution in [2.45, 2.75) is 44.9 Å². The van der Waals surface area contributed by atoms with Crippen molar-refractivity contribution < 1.29 is 19.4 Å². The normalized spacial score (nSPS) is 14.1. The van der Waals surface area contributed by atoms with Crippen LogP contribution in [0.1, 0.15) is 41.3 Å². The summed E-state index contributed by atoms with van der Waals surface area (Å²) in [6.45, 7) is 3.01. The summed E-state index contributed by atoms with van der Waals surface area (Å²) in [5.74, 6) is 0.308. The average molecular weight is 480 g/mol. The SMILES string of the molecule is CCc1c(CN)cccc1Nc1c(C(N)=O)cnc2cc(OC)c(OCC(O)CNC3CC3)cc12. The van der Waals surface area contributed by atoms with Crippen molar-refractivity contribution in [1.82, 2.24) is 10.3 Å². The number of anilines is 2. The van der Waals surface area contributed by atoms with Crippen LogP contribution in [0.5, 0.6) is 11.5 Å². The van der Waals surface area contributed by atoms with Gasteiger partial charge in [0, 0.05) is 42.5 Å². The molecule has 1 atom stereocenters. The number of aliphatic hydroxyl groups excluding tert-OH is 1. The van der Waals surface area contributed by atoms with Gasteiger partial charge in [-0.1, -0.05) is 19.1 Å². The highest BCUT2D eigenvalue weighted by Gasteiger charge is 2.22. The molecule has 1 aliphatic rings. The number of pyridine rings is 1. The summed E-state index contributed by atoms with van der Waals surface area (Å²) in [4.78, 5) is 16.7. The van der Waals surface area contributed by atoms with Crippen LogP contribution in [0.15, 0.2) is 36.5 Å². The number of rotatable bonds is 12. The number of carbonyl (C=O) groups is 1. The maximum absolute atomic E-state index is 12.3. The molecule has 1 aliphatic carbocycles. The van der Waals surface area contributed by atoms with Gasteiger partial charge in [-0.2, -0.15) is 0 Å². The monoisotopic (exact) mass is 479 g/mol. The second-order valence-corrected chi connectivity index (χ2v) is 8.70. The molecule has 9 heteroatoms. The fourth-order valence-corrected chi connectivity index (χ4v) is 4.12. The predicted molar refractivity (Wildman–Crippen MR) is 136 cm³/mol. The summed E-state index contributed by atoms with van der Waals surface area (Å²) in [6, 6.07) is 9.86. The number of benzene rings is 2. The van der Waals surface area contributed by atoms with E-state index in [2.05, 4.69) is 22.5 Å². The highest BCUT2D eigenvalue weighted by Crippen LogP contribution is 2.38.